The van der Waals surface area contributed by atoms with Crippen molar-refractivity contribution in [2.45, 2.75) is 20.8 Å². The fourth-order valence-electron chi connectivity index (χ4n) is 3.73. The molecule has 35 heavy (non-hydrogen) atoms. The first kappa shape index (κ1) is 22.1. The van der Waals surface area contributed by atoms with Gasteiger partial charge in [-0.15, -0.1) is 0 Å². The number of hydrogen-bond donors (Lipinski definition) is 2. The SMILES string of the molecule is COc1ccc(C(=O)Nc2cc(C)nn2-c2nc3c(cnn3-c3ccc(C)c(C)c3)c(=O)[nH]2)cc1. The van der Waals surface area contributed by atoms with Gasteiger partial charge in [0, 0.05) is 11.6 Å². The van der Waals surface area contributed by atoms with Crippen LogP contribution >= 0.6 is 0 Å². The van der Waals surface area contributed by atoms with Crippen LogP contribution in [0.3, 0.4) is 0 Å². The van der Waals surface area contributed by atoms with Crippen molar-refractivity contribution in [1.29, 1.82) is 0 Å². The van der Waals surface area contributed by atoms with Crippen LogP contribution in [0.25, 0.3) is 22.7 Å². The molecule has 176 valence electrons. The van der Waals surface area contributed by atoms with Crippen molar-refractivity contribution in [2.75, 3.05) is 12.4 Å². The molecular formula is C25H23N7O3. The van der Waals surface area contributed by atoms with Gasteiger partial charge in [-0.1, -0.05) is 6.07 Å². The van der Waals surface area contributed by atoms with E-state index in [1.165, 1.54) is 10.9 Å². The number of aryl methyl sites for hydroxylation is 3. The van der Waals surface area contributed by atoms with Crippen LogP contribution in [-0.4, -0.2) is 42.5 Å². The zero-order valence-corrected chi connectivity index (χ0v) is 19.7. The first-order valence-electron chi connectivity index (χ1n) is 10.9. The van der Waals surface area contributed by atoms with Gasteiger partial charge in [0.25, 0.3) is 11.5 Å². The number of fused-ring (bicyclic) bond motifs is 1. The Balaban J connectivity index is 1.56. The summed E-state index contributed by atoms with van der Waals surface area (Å²) in [4.78, 5) is 33.1. The number of methoxy groups -OCH3 is 1. The van der Waals surface area contributed by atoms with E-state index >= 15 is 0 Å². The number of H-pyrrole nitrogens is 1. The smallest absolute Gasteiger partial charge is 0.263 e. The predicted octanol–water partition coefficient (Wildman–Crippen LogP) is 3.48. The molecule has 0 spiro atoms. The molecule has 0 aliphatic heterocycles. The lowest BCUT2D eigenvalue weighted by Gasteiger charge is -2.10. The van der Waals surface area contributed by atoms with E-state index in [0.717, 1.165) is 16.8 Å². The Kier molecular flexibility index (Phi) is 5.40. The monoisotopic (exact) mass is 469 g/mol. The van der Waals surface area contributed by atoms with Gasteiger partial charge >= 0.3 is 0 Å². The predicted molar refractivity (Wildman–Crippen MR) is 132 cm³/mol. The van der Waals surface area contributed by atoms with E-state index in [1.807, 2.05) is 32.0 Å². The Morgan fingerprint density at radius 1 is 1.00 bits per heavy atom. The summed E-state index contributed by atoms with van der Waals surface area (Å²) in [5.74, 6) is 0.838. The van der Waals surface area contributed by atoms with Crippen LogP contribution in [0.4, 0.5) is 5.82 Å². The number of aromatic amines is 1. The van der Waals surface area contributed by atoms with Gasteiger partial charge in [0.1, 0.15) is 17.0 Å². The Morgan fingerprint density at radius 2 is 1.77 bits per heavy atom. The minimum Gasteiger partial charge on any atom is -0.497 e. The first-order chi connectivity index (χ1) is 16.8. The zero-order chi connectivity index (χ0) is 24.7. The average Bonchev–Trinajstić information content (AvgIpc) is 3.44. The highest BCUT2D eigenvalue weighted by atomic mass is 16.5. The Bertz CT molecular complexity index is 1630. The molecule has 0 saturated carbocycles. The minimum atomic E-state index is -0.360. The highest BCUT2D eigenvalue weighted by Gasteiger charge is 2.17. The number of ether oxygens (including phenoxy) is 1. The van der Waals surface area contributed by atoms with Crippen molar-refractivity contribution >= 4 is 22.8 Å². The number of rotatable bonds is 5. The van der Waals surface area contributed by atoms with Gasteiger partial charge in [-0.3, -0.25) is 14.6 Å². The number of carbonyl (C=O) groups excluding carboxylic acids is 1. The number of nitrogens with zero attached hydrogens (tertiary/aromatic N) is 5. The summed E-state index contributed by atoms with van der Waals surface area (Å²) >= 11 is 0. The number of hydrogen-bond acceptors (Lipinski definition) is 6. The summed E-state index contributed by atoms with van der Waals surface area (Å²) in [6.07, 6.45) is 1.49. The van der Waals surface area contributed by atoms with E-state index < -0.39 is 0 Å². The van der Waals surface area contributed by atoms with Crippen LogP contribution in [0, 0.1) is 20.8 Å². The number of anilines is 1. The first-order valence-corrected chi connectivity index (χ1v) is 10.9. The third-order valence-corrected chi connectivity index (χ3v) is 5.79. The summed E-state index contributed by atoms with van der Waals surface area (Å²) in [6.45, 7) is 5.83. The topological polar surface area (TPSA) is 120 Å². The number of aromatic nitrogens is 6. The number of amides is 1. The molecule has 0 aliphatic carbocycles. The molecule has 10 nitrogen and oxygen atoms in total. The van der Waals surface area contributed by atoms with E-state index in [9.17, 15) is 9.59 Å². The molecule has 0 bridgehead atoms. The second-order valence-corrected chi connectivity index (χ2v) is 8.22. The third kappa shape index (κ3) is 4.05. The molecule has 0 saturated heterocycles. The minimum absolute atomic E-state index is 0.159. The van der Waals surface area contributed by atoms with Gasteiger partial charge in [-0.2, -0.15) is 19.9 Å². The van der Waals surface area contributed by atoms with Crippen LogP contribution in [-0.2, 0) is 0 Å². The molecule has 5 aromatic rings. The summed E-state index contributed by atoms with van der Waals surface area (Å²) < 4.78 is 8.16. The van der Waals surface area contributed by atoms with Crippen molar-refractivity contribution in [3.8, 4) is 17.4 Å². The average molecular weight is 470 g/mol. The summed E-state index contributed by atoms with van der Waals surface area (Å²) in [6, 6.07) is 14.4. The van der Waals surface area contributed by atoms with Gasteiger partial charge < -0.3 is 10.1 Å². The summed E-state index contributed by atoms with van der Waals surface area (Å²) in [7, 11) is 1.56. The lowest BCUT2D eigenvalue weighted by molar-refractivity contribution is 0.102. The quantitative estimate of drug-likeness (QED) is 0.407. The largest absolute Gasteiger partial charge is 0.497 e. The zero-order valence-electron chi connectivity index (χ0n) is 19.7. The molecular weight excluding hydrogens is 446 g/mol. The van der Waals surface area contributed by atoms with Gasteiger partial charge in [0.05, 0.1) is 24.7 Å². The van der Waals surface area contributed by atoms with Crippen LogP contribution in [0.5, 0.6) is 5.75 Å². The number of benzene rings is 2. The normalized spacial score (nSPS) is 11.1. The van der Waals surface area contributed by atoms with Crippen molar-refractivity contribution in [3.63, 3.8) is 0 Å². The maximum atomic E-state index is 12.9. The number of nitrogens with one attached hydrogen (secondary N) is 2. The van der Waals surface area contributed by atoms with Crippen molar-refractivity contribution in [3.05, 3.63) is 87.5 Å². The summed E-state index contributed by atoms with van der Waals surface area (Å²) in [5.41, 5.74) is 4.15. The summed E-state index contributed by atoms with van der Waals surface area (Å²) in [5, 5.41) is 12.0. The molecule has 3 heterocycles. The maximum Gasteiger partial charge on any atom is 0.263 e. The fourth-order valence-corrected chi connectivity index (χ4v) is 3.73. The van der Waals surface area contributed by atoms with E-state index in [4.69, 9.17) is 4.74 Å². The fraction of sp³-hybridized carbons (Fsp3) is 0.160. The Morgan fingerprint density at radius 3 is 2.49 bits per heavy atom. The standard InChI is InChI=1S/C25H23N7O3/c1-14-5-8-18(11-15(14)2)31-22-20(13-26-31)24(34)29-25(28-22)32-21(12-16(3)30-32)27-23(33)17-6-9-19(35-4)10-7-17/h5-13H,1-4H3,(H,27,33)(H,28,29,34). The van der Waals surface area contributed by atoms with Crippen LogP contribution < -0.4 is 15.6 Å². The van der Waals surface area contributed by atoms with E-state index in [0.29, 0.717) is 33.9 Å². The Labute approximate surface area is 200 Å². The molecule has 0 atom stereocenters. The van der Waals surface area contributed by atoms with Crippen LogP contribution in [0.15, 0.2) is 59.5 Å². The van der Waals surface area contributed by atoms with E-state index in [1.54, 1.807) is 49.0 Å². The van der Waals surface area contributed by atoms with E-state index in [-0.39, 0.29) is 17.4 Å². The molecule has 0 aliphatic rings. The molecule has 3 aromatic heterocycles. The molecule has 0 radical (unpaired) electrons. The van der Waals surface area contributed by atoms with Crippen molar-refractivity contribution in [1.82, 2.24) is 29.5 Å². The van der Waals surface area contributed by atoms with Crippen molar-refractivity contribution < 1.29 is 9.53 Å². The molecule has 2 aromatic carbocycles. The Hall–Kier alpha value is -4.73. The second kappa shape index (κ2) is 8.56. The molecule has 0 fully saturated rings. The maximum absolute atomic E-state index is 12.9. The highest BCUT2D eigenvalue weighted by Crippen LogP contribution is 2.20. The molecule has 10 heteroatoms. The second-order valence-electron chi connectivity index (χ2n) is 8.22. The van der Waals surface area contributed by atoms with Crippen LogP contribution in [0.2, 0.25) is 0 Å². The van der Waals surface area contributed by atoms with Gasteiger partial charge in [0.15, 0.2) is 5.65 Å². The molecule has 0 unspecified atom stereocenters. The molecule has 5 rings (SSSR count). The van der Waals surface area contributed by atoms with Gasteiger partial charge in [-0.25, -0.2) is 4.68 Å². The van der Waals surface area contributed by atoms with Gasteiger partial charge in [0.2, 0.25) is 5.95 Å². The van der Waals surface area contributed by atoms with Gasteiger partial charge in [-0.05, 0) is 68.3 Å². The molecule has 1 amide bonds. The highest BCUT2D eigenvalue weighted by molar-refractivity contribution is 6.04. The lowest BCUT2D eigenvalue weighted by Crippen LogP contribution is -2.19. The number of carbonyl (C=O) groups is 1. The lowest BCUT2D eigenvalue weighted by atomic mass is 10.1. The molecule has 2 N–H and O–H groups in total. The third-order valence-electron chi connectivity index (χ3n) is 5.79. The van der Waals surface area contributed by atoms with Crippen LogP contribution in [0.1, 0.15) is 27.2 Å². The van der Waals surface area contributed by atoms with E-state index in [2.05, 4.69) is 25.5 Å². The van der Waals surface area contributed by atoms with Crippen molar-refractivity contribution in [2.24, 2.45) is 0 Å².